The highest BCUT2D eigenvalue weighted by atomic mass is 32.2. The lowest BCUT2D eigenvalue weighted by molar-refractivity contribution is -0.117. The van der Waals surface area contributed by atoms with Gasteiger partial charge in [0.05, 0.1) is 0 Å². The summed E-state index contributed by atoms with van der Waals surface area (Å²) < 4.78 is 5.74. The van der Waals surface area contributed by atoms with Crippen molar-refractivity contribution in [2.75, 3.05) is 16.4 Å². The number of hydrogen-bond donors (Lipinski definition) is 4. The van der Waals surface area contributed by atoms with E-state index in [1.54, 1.807) is 0 Å². The van der Waals surface area contributed by atoms with Gasteiger partial charge < -0.3 is 21.1 Å². The number of anilines is 4. The topological polar surface area (TPSA) is 148 Å². The number of aromatic nitrogens is 4. The number of amides is 1. The fraction of sp³-hybridized carbons (Fsp3) is 0.400. The van der Waals surface area contributed by atoms with Crippen molar-refractivity contribution in [1.82, 2.24) is 20.2 Å². The van der Waals surface area contributed by atoms with Crippen LogP contribution < -0.4 is 16.4 Å². The first kappa shape index (κ1) is 24.1. The van der Waals surface area contributed by atoms with Crippen molar-refractivity contribution in [3.05, 3.63) is 41.7 Å². The molecule has 10 nitrogen and oxygen atoms in total. The van der Waals surface area contributed by atoms with Gasteiger partial charge in [-0.2, -0.15) is 5.10 Å². The summed E-state index contributed by atoms with van der Waals surface area (Å²) in [7, 11) is 0. The second-order valence-corrected chi connectivity index (χ2v) is 10.3. The summed E-state index contributed by atoms with van der Waals surface area (Å²) in [5.41, 5.74) is 8.07. The van der Waals surface area contributed by atoms with Crippen molar-refractivity contribution in [2.24, 2.45) is 5.92 Å². The molecule has 2 aliphatic rings. The van der Waals surface area contributed by atoms with Gasteiger partial charge in [-0.3, -0.25) is 9.89 Å². The van der Waals surface area contributed by atoms with Crippen molar-refractivity contribution in [3.8, 4) is 0 Å². The summed E-state index contributed by atoms with van der Waals surface area (Å²) in [6, 6.07) is 9.23. The molecule has 0 aliphatic heterocycles. The van der Waals surface area contributed by atoms with E-state index in [0.717, 1.165) is 61.2 Å². The van der Waals surface area contributed by atoms with Gasteiger partial charge in [-0.1, -0.05) is 6.42 Å². The lowest BCUT2D eigenvalue weighted by Crippen LogP contribution is -2.23. The van der Waals surface area contributed by atoms with Crippen LogP contribution in [0.1, 0.15) is 61.1 Å². The Labute approximate surface area is 213 Å². The molecule has 5 rings (SSSR count). The molecule has 2 aromatic heterocycles. The molecule has 3 aromatic rings. The molecule has 2 heterocycles. The SMILES string of the molecule is Cc1cc(Nc2nc(Sc3ccc(NC(=O)C4CC4)cc3)nc(C(=O)OC3CCCCC3)c2N)n[nH]1. The Morgan fingerprint density at radius 1 is 1.08 bits per heavy atom. The molecule has 2 aliphatic carbocycles. The van der Waals surface area contributed by atoms with Crippen molar-refractivity contribution >= 4 is 46.6 Å². The fourth-order valence-electron chi connectivity index (χ4n) is 4.04. The predicted molar refractivity (Wildman–Crippen MR) is 137 cm³/mol. The molecule has 0 atom stereocenters. The average molecular weight is 508 g/mol. The van der Waals surface area contributed by atoms with E-state index < -0.39 is 5.97 Å². The zero-order valence-corrected chi connectivity index (χ0v) is 20.9. The second kappa shape index (κ2) is 10.6. The Balaban J connectivity index is 1.37. The summed E-state index contributed by atoms with van der Waals surface area (Å²) in [6.07, 6.45) is 6.72. The van der Waals surface area contributed by atoms with Crippen LogP contribution in [-0.2, 0) is 9.53 Å². The van der Waals surface area contributed by atoms with Crippen molar-refractivity contribution < 1.29 is 14.3 Å². The molecule has 1 aromatic carbocycles. The molecule has 0 spiro atoms. The normalized spacial score (nSPS) is 15.9. The van der Waals surface area contributed by atoms with Gasteiger partial charge in [-0.05, 0) is 81.5 Å². The second-order valence-electron chi connectivity index (χ2n) is 9.23. The van der Waals surface area contributed by atoms with E-state index >= 15 is 0 Å². The molecule has 1 amide bonds. The molecule has 188 valence electrons. The van der Waals surface area contributed by atoms with E-state index in [9.17, 15) is 9.59 Å². The first-order valence-corrected chi connectivity index (χ1v) is 13.0. The van der Waals surface area contributed by atoms with Crippen LogP contribution in [-0.4, -0.2) is 38.1 Å². The maximum Gasteiger partial charge on any atom is 0.359 e. The number of ether oxygens (including phenoxy) is 1. The minimum Gasteiger partial charge on any atom is -0.458 e. The third-order valence-corrected chi connectivity index (χ3v) is 7.05. The standard InChI is InChI=1S/C25H29N7O3S/c1-14-13-19(32-31-14)28-22-20(26)21(24(34)35-17-5-3-2-4-6-17)29-25(30-22)36-18-11-9-16(10-12-18)27-23(33)15-7-8-15/h9-13,15,17H,2-8,26H2,1H3,(H,27,33)(H2,28,29,30,31,32). The molecular weight excluding hydrogens is 478 g/mol. The number of carbonyl (C=O) groups excluding carboxylic acids is 2. The van der Waals surface area contributed by atoms with E-state index in [4.69, 9.17) is 10.5 Å². The number of aryl methyl sites for hydroxylation is 1. The molecule has 2 fully saturated rings. The summed E-state index contributed by atoms with van der Waals surface area (Å²) in [5.74, 6) is 0.447. The highest BCUT2D eigenvalue weighted by molar-refractivity contribution is 7.99. The maximum absolute atomic E-state index is 13.1. The van der Waals surface area contributed by atoms with Crippen molar-refractivity contribution in [3.63, 3.8) is 0 Å². The van der Waals surface area contributed by atoms with E-state index in [1.807, 2.05) is 37.3 Å². The largest absolute Gasteiger partial charge is 0.458 e. The number of benzene rings is 1. The predicted octanol–water partition coefficient (Wildman–Crippen LogP) is 4.82. The average Bonchev–Trinajstić information content (AvgIpc) is 3.65. The highest BCUT2D eigenvalue weighted by Gasteiger charge is 2.29. The number of rotatable bonds is 8. The Bertz CT molecular complexity index is 1250. The van der Waals surface area contributed by atoms with Crippen LogP contribution in [0.25, 0.3) is 0 Å². The van der Waals surface area contributed by atoms with Gasteiger partial charge in [0.1, 0.15) is 11.8 Å². The number of nitrogen functional groups attached to an aromatic ring is 1. The minimum absolute atomic E-state index is 0.0288. The van der Waals surface area contributed by atoms with Crippen LogP contribution in [0.2, 0.25) is 0 Å². The lowest BCUT2D eigenvalue weighted by atomic mass is 9.98. The van der Waals surface area contributed by atoms with Crippen LogP contribution >= 0.6 is 11.8 Å². The molecule has 0 unspecified atom stereocenters. The quantitative estimate of drug-likeness (QED) is 0.249. The zero-order valence-electron chi connectivity index (χ0n) is 20.0. The van der Waals surface area contributed by atoms with Crippen LogP contribution in [0.4, 0.5) is 23.0 Å². The molecule has 11 heteroatoms. The number of nitrogens with two attached hydrogens (primary N) is 1. The van der Waals surface area contributed by atoms with Crippen LogP contribution in [0, 0.1) is 12.8 Å². The van der Waals surface area contributed by atoms with Crippen LogP contribution in [0.15, 0.2) is 40.4 Å². The summed E-state index contributed by atoms with van der Waals surface area (Å²) in [4.78, 5) is 34.9. The summed E-state index contributed by atoms with van der Waals surface area (Å²) >= 11 is 1.28. The minimum atomic E-state index is -0.553. The van der Waals surface area contributed by atoms with Gasteiger partial charge in [-0.15, -0.1) is 0 Å². The molecule has 0 saturated heterocycles. The molecule has 0 bridgehead atoms. The summed E-state index contributed by atoms with van der Waals surface area (Å²) in [6.45, 7) is 1.88. The van der Waals surface area contributed by atoms with Gasteiger partial charge in [0.2, 0.25) is 5.91 Å². The first-order valence-electron chi connectivity index (χ1n) is 12.2. The molecule has 5 N–H and O–H groups in total. The lowest BCUT2D eigenvalue weighted by Gasteiger charge is -2.22. The Kier molecular flexibility index (Phi) is 7.08. The molecule has 36 heavy (non-hydrogen) atoms. The third-order valence-electron chi connectivity index (χ3n) is 6.18. The summed E-state index contributed by atoms with van der Waals surface area (Å²) in [5, 5.41) is 13.4. The first-order chi connectivity index (χ1) is 17.4. The van der Waals surface area contributed by atoms with Crippen LogP contribution in [0.5, 0.6) is 0 Å². The van der Waals surface area contributed by atoms with Crippen molar-refractivity contribution in [2.45, 2.75) is 68.0 Å². The van der Waals surface area contributed by atoms with Gasteiger partial charge >= 0.3 is 5.97 Å². The Morgan fingerprint density at radius 2 is 1.83 bits per heavy atom. The zero-order chi connectivity index (χ0) is 25.1. The van der Waals surface area contributed by atoms with Gasteiger partial charge in [-0.25, -0.2) is 14.8 Å². The van der Waals surface area contributed by atoms with E-state index in [0.29, 0.717) is 11.0 Å². The van der Waals surface area contributed by atoms with Gasteiger partial charge in [0, 0.05) is 28.3 Å². The van der Waals surface area contributed by atoms with Gasteiger partial charge in [0.15, 0.2) is 22.5 Å². The Hall–Kier alpha value is -3.60. The maximum atomic E-state index is 13.1. The van der Waals surface area contributed by atoms with E-state index in [1.165, 1.54) is 11.8 Å². The number of hydrogen-bond acceptors (Lipinski definition) is 9. The monoisotopic (exact) mass is 507 g/mol. The smallest absolute Gasteiger partial charge is 0.359 e. The van der Waals surface area contributed by atoms with E-state index in [2.05, 4.69) is 30.8 Å². The number of nitrogens with one attached hydrogen (secondary N) is 3. The van der Waals surface area contributed by atoms with Gasteiger partial charge in [0.25, 0.3) is 0 Å². The Morgan fingerprint density at radius 3 is 2.50 bits per heavy atom. The van der Waals surface area contributed by atoms with E-state index in [-0.39, 0.29) is 35.1 Å². The number of aromatic amines is 1. The molecular formula is C25H29N7O3S. The highest BCUT2D eigenvalue weighted by Crippen LogP contribution is 2.33. The van der Waals surface area contributed by atoms with Crippen molar-refractivity contribution in [1.29, 1.82) is 0 Å². The molecule has 0 radical (unpaired) electrons. The number of carbonyl (C=O) groups is 2. The number of nitrogens with zero attached hydrogens (tertiary/aromatic N) is 3. The molecule has 2 saturated carbocycles. The number of esters is 1. The third kappa shape index (κ3) is 5.96. The fourth-order valence-corrected chi connectivity index (χ4v) is 4.80. The number of H-pyrrole nitrogens is 1. The van der Waals surface area contributed by atoms with Crippen LogP contribution in [0.3, 0.4) is 0 Å².